The summed E-state index contributed by atoms with van der Waals surface area (Å²) in [5.41, 5.74) is 4.98. The number of allylic oxidation sites excluding steroid dienone is 1. The first-order valence-corrected chi connectivity index (χ1v) is 13.0. The van der Waals surface area contributed by atoms with Crippen molar-refractivity contribution < 1.29 is 14.4 Å². The fourth-order valence-corrected chi connectivity index (χ4v) is 5.61. The topological polar surface area (TPSA) is 90.3 Å². The Morgan fingerprint density at radius 2 is 1.70 bits per heavy atom. The van der Waals surface area contributed by atoms with E-state index in [2.05, 4.69) is 18.0 Å². The monoisotopic (exact) mass is 511 g/mol. The molecule has 3 aromatic rings. The number of amides is 2. The van der Waals surface area contributed by atoms with E-state index in [0.29, 0.717) is 51.1 Å². The predicted molar refractivity (Wildman–Crippen MR) is 147 cm³/mol. The third-order valence-electron chi connectivity index (χ3n) is 6.87. The van der Waals surface area contributed by atoms with Gasteiger partial charge in [0, 0.05) is 34.8 Å². The summed E-state index contributed by atoms with van der Waals surface area (Å²) in [4.78, 5) is 41.1. The number of Topliss-reactive ketones (excluding diaryl/α,β-unsaturated/α-hetero) is 1. The Bertz CT molecular complexity index is 1420. The van der Waals surface area contributed by atoms with Gasteiger partial charge < -0.3 is 10.2 Å². The van der Waals surface area contributed by atoms with Crippen LogP contribution in [0.1, 0.15) is 72.8 Å². The van der Waals surface area contributed by atoms with Crippen molar-refractivity contribution in [2.75, 3.05) is 18.4 Å². The second-order valence-corrected chi connectivity index (χ2v) is 10.5. The molecular formula is C30H29N3O3S. The number of ketones is 1. The van der Waals surface area contributed by atoms with Crippen LogP contribution >= 0.6 is 11.3 Å². The van der Waals surface area contributed by atoms with E-state index >= 15 is 0 Å². The molecule has 4 rings (SSSR count). The molecule has 37 heavy (non-hydrogen) atoms. The summed E-state index contributed by atoms with van der Waals surface area (Å²) in [7, 11) is 0. The molecule has 1 fully saturated rings. The van der Waals surface area contributed by atoms with Crippen LogP contribution in [-0.4, -0.2) is 35.6 Å². The number of aryl methyl sites for hydroxylation is 2. The molecule has 1 aliphatic rings. The molecule has 1 aromatic heterocycles. The SMILES string of the molecule is C=C(C(C)=O)c1cc(C)c(C(=O)Nc2cc(C(=O)N3CCC(c4ccc(C#N)cc4)CC3)ccc2C)s1. The molecule has 0 bridgehead atoms. The van der Waals surface area contributed by atoms with Crippen molar-refractivity contribution in [1.29, 1.82) is 5.26 Å². The van der Waals surface area contributed by atoms with Crippen molar-refractivity contribution in [2.45, 2.75) is 39.5 Å². The first kappa shape index (κ1) is 26.1. The summed E-state index contributed by atoms with van der Waals surface area (Å²) in [6.07, 6.45) is 1.72. The van der Waals surface area contributed by atoms with Gasteiger partial charge in [0.15, 0.2) is 5.78 Å². The van der Waals surface area contributed by atoms with Gasteiger partial charge >= 0.3 is 0 Å². The summed E-state index contributed by atoms with van der Waals surface area (Å²) in [5.74, 6) is -0.0963. The van der Waals surface area contributed by atoms with E-state index in [1.807, 2.05) is 49.1 Å². The normalized spacial score (nSPS) is 13.6. The van der Waals surface area contributed by atoms with Gasteiger partial charge in [0.25, 0.3) is 11.8 Å². The number of piperidine rings is 1. The van der Waals surface area contributed by atoms with E-state index in [4.69, 9.17) is 5.26 Å². The van der Waals surface area contributed by atoms with E-state index in [1.54, 1.807) is 18.2 Å². The van der Waals surface area contributed by atoms with Crippen LogP contribution in [0.25, 0.3) is 5.57 Å². The Balaban J connectivity index is 1.44. The third kappa shape index (κ3) is 5.71. The molecule has 2 aromatic carbocycles. The number of anilines is 1. The smallest absolute Gasteiger partial charge is 0.266 e. The molecule has 7 heteroatoms. The maximum absolute atomic E-state index is 13.3. The van der Waals surface area contributed by atoms with E-state index in [9.17, 15) is 14.4 Å². The first-order valence-electron chi connectivity index (χ1n) is 12.2. The minimum atomic E-state index is -0.277. The number of likely N-dealkylation sites (tertiary alicyclic amines) is 1. The van der Waals surface area contributed by atoms with Crippen LogP contribution in [0, 0.1) is 25.2 Å². The average molecular weight is 512 g/mol. The molecule has 188 valence electrons. The van der Waals surface area contributed by atoms with Crippen LogP contribution in [0.5, 0.6) is 0 Å². The third-order valence-corrected chi connectivity index (χ3v) is 8.17. The molecule has 0 radical (unpaired) electrons. The highest BCUT2D eigenvalue weighted by molar-refractivity contribution is 7.15. The first-order chi connectivity index (χ1) is 17.7. The zero-order chi connectivity index (χ0) is 26.7. The van der Waals surface area contributed by atoms with Gasteiger partial charge in [-0.25, -0.2) is 0 Å². The van der Waals surface area contributed by atoms with Crippen molar-refractivity contribution in [3.8, 4) is 6.07 Å². The van der Waals surface area contributed by atoms with Crippen LogP contribution < -0.4 is 5.32 Å². The average Bonchev–Trinajstić information content (AvgIpc) is 3.30. The Hall–Kier alpha value is -4.02. The molecule has 6 nitrogen and oxygen atoms in total. The molecule has 0 aliphatic carbocycles. The molecule has 0 saturated carbocycles. The lowest BCUT2D eigenvalue weighted by Crippen LogP contribution is -2.38. The van der Waals surface area contributed by atoms with E-state index in [-0.39, 0.29) is 17.6 Å². The van der Waals surface area contributed by atoms with Crippen molar-refractivity contribution >= 4 is 40.2 Å². The Labute approximate surface area is 221 Å². The van der Waals surface area contributed by atoms with Crippen LogP contribution in [0.2, 0.25) is 0 Å². The lowest BCUT2D eigenvalue weighted by Gasteiger charge is -2.32. The molecular weight excluding hydrogens is 482 g/mol. The molecule has 2 heterocycles. The van der Waals surface area contributed by atoms with Crippen molar-refractivity contribution in [3.63, 3.8) is 0 Å². The second kappa shape index (κ2) is 10.9. The Morgan fingerprint density at radius 1 is 1.03 bits per heavy atom. The van der Waals surface area contributed by atoms with Gasteiger partial charge in [0.2, 0.25) is 0 Å². The van der Waals surface area contributed by atoms with Gasteiger partial charge in [-0.1, -0.05) is 24.8 Å². The van der Waals surface area contributed by atoms with Crippen LogP contribution in [0.15, 0.2) is 55.1 Å². The quantitative estimate of drug-likeness (QED) is 0.404. The largest absolute Gasteiger partial charge is 0.339 e. The Morgan fingerprint density at radius 3 is 2.32 bits per heavy atom. The van der Waals surface area contributed by atoms with Gasteiger partial charge in [0.05, 0.1) is 16.5 Å². The molecule has 1 N–H and O–H groups in total. The number of rotatable bonds is 6. The molecule has 2 amide bonds. The molecule has 0 spiro atoms. The highest BCUT2D eigenvalue weighted by atomic mass is 32.1. The fraction of sp³-hybridized carbons (Fsp3) is 0.267. The lowest BCUT2D eigenvalue weighted by molar-refractivity contribution is -0.111. The van der Waals surface area contributed by atoms with Gasteiger partial charge in [0.1, 0.15) is 0 Å². The van der Waals surface area contributed by atoms with Crippen molar-refractivity contribution in [3.05, 3.63) is 92.7 Å². The number of carbonyl (C=O) groups is 3. The van der Waals surface area contributed by atoms with Crippen molar-refractivity contribution in [2.24, 2.45) is 0 Å². The minimum Gasteiger partial charge on any atom is -0.339 e. The molecule has 0 atom stereocenters. The van der Waals surface area contributed by atoms with Gasteiger partial charge in [-0.3, -0.25) is 14.4 Å². The Kier molecular flexibility index (Phi) is 7.70. The van der Waals surface area contributed by atoms with Gasteiger partial charge in [-0.05, 0) is 86.6 Å². The molecule has 0 unspecified atom stereocenters. The lowest BCUT2D eigenvalue weighted by atomic mass is 9.89. The summed E-state index contributed by atoms with van der Waals surface area (Å²) in [6.45, 7) is 10.3. The van der Waals surface area contributed by atoms with E-state index in [1.165, 1.54) is 23.8 Å². The standard InChI is InChI=1S/C30H29N3O3S/c1-18-5-8-25(16-26(18)32-29(35)28-19(2)15-27(37-28)20(3)21(4)34)30(36)33-13-11-24(12-14-33)23-9-6-22(17-31)7-10-23/h5-10,15-16,24H,3,11-14H2,1-2,4H3,(H,32,35). The van der Waals surface area contributed by atoms with E-state index in [0.717, 1.165) is 24.0 Å². The highest BCUT2D eigenvalue weighted by Gasteiger charge is 2.25. The van der Waals surface area contributed by atoms with Crippen molar-refractivity contribution in [1.82, 2.24) is 4.90 Å². The van der Waals surface area contributed by atoms with E-state index < -0.39 is 0 Å². The number of carbonyl (C=O) groups excluding carboxylic acids is 3. The number of nitrogens with one attached hydrogen (secondary N) is 1. The molecule has 1 aliphatic heterocycles. The zero-order valence-corrected chi connectivity index (χ0v) is 22.1. The minimum absolute atomic E-state index is 0.0545. The summed E-state index contributed by atoms with van der Waals surface area (Å²) < 4.78 is 0. The number of hydrogen-bond donors (Lipinski definition) is 1. The zero-order valence-electron chi connectivity index (χ0n) is 21.3. The van der Waals surface area contributed by atoms with Crippen LogP contribution in [0.4, 0.5) is 5.69 Å². The predicted octanol–water partition coefficient (Wildman–Crippen LogP) is 6.11. The number of thiophene rings is 1. The molecule has 1 saturated heterocycles. The van der Waals surface area contributed by atoms with Gasteiger partial charge in [-0.2, -0.15) is 5.26 Å². The van der Waals surface area contributed by atoms with Crippen LogP contribution in [0.3, 0.4) is 0 Å². The maximum atomic E-state index is 13.3. The highest BCUT2D eigenvalue weighted by Crippen LogP contribution is 2.31. The summed E-state index contributed by atoms with van der Waals surface area (Å²) >= 11 is 1.24. The van der Waals surface area contributed by atoms with Crippen LogP contribution in [-0.2, 0) is 4.79 Å². The maximum Gasteiger partial charge on any atom is 0.266 e. The van der Waals surface area contributed by atoms with Gasteiger partial charge in [-0.15, -0.1) is 11.3 Å². The summed E-state index contributed by atoms with van der Waals surface area (Å²) in [6, 6.07) is 17.0. The summed E-state index contributed by atoms with van der Waals surface area (Å²) in [5, 5.41) is 12.0. The number of nitrogens with zero attached hydrogens (tertiary/aromatic N) is 2. The fourth-order valence-electron chi connectivity index (χ4n) is 4.53. The second-order valence-electron chi connectivity index (χ2n) is 9.44. The number of benzene rings is 2. The number of nitriles is 1. The number of hydrogen-bond acceptors (Lipinski definition) is 5.